The Hall–Kier alpha value is -3.41. The summed E-state index contributed by atoms with van der Waals surface area (Å²) in [6, 6.07) is 13.7. The van der Waals surface area contributed by atoms with Crippen molar-refractivity contribution in [3.05, 3.63) is 54.1 Å². The molecule has 1 aromatic heterocycles. The highest BCUT2D eigenvalue weighted by molar-refractivity contribution is 6.05. The third-order valence-corrected chi connectivity index (χ3v) is 3.73. The molecule has 0 aliphatic carbocycles. The fourth-order valence-corrected chi connectivity index (χ4v) is 2.62. The fraction of sp³-hybridized carbons (Fsp3) is 0.105. The van der Waals surface area contributed by atoms with Gasteiger partial charge in [0.15, 0.2) is 0 Å². The van der Waals surface area contributed by atoms with Gasteiger partial charge in [0.2, 0.25) is 5.91 Å². The quantitative estimate of drug-likeness (QED) is 0.760. The molecule has 6 nitrogen and oxygen atoms in total. The number of nitrogens with zero attached hydrogens (tertiary/aromatic N) is 1. The fourth-order valence-electron chi connectivity index (χ4n) is 2.62. The Bertz CT molecular complexity index is 982. The van der Waals surface area contributed by atoms with Crippen LogP contribution in [0.3, 0.4) is 0 Å². The molecule has 0 bridgehead atoms. The van der Waals surface area contributed by atoms with Crippen LogP contribution in [0.5, 0.6) is 5.75 Å². The van der Waals surface area contributed by atoms with E-state index in [0.717, 1.165) is 5.56 Å². The highest BCUT2D eigenvalue weighted by Gasteiger charge is 2.14. The van der Waals surface area contributed by atoms with E-state index in [4.69, 9.17) is 4.74 Å². The molecule has 0 saturated heterocycles. The molecule has 6 heteroatoms. The zero-order chi connectivity index (χ0) is 18.0. The van der Waals surface area contributed by atoms with Crippen molar-refractivity contribution >= 4 is 28.5 Å². The van der Waals surface area contributed by atoms with E-state index in [1.165, 1.54) is 13.0 Å². The number of hydrogen-bond acceptors (Lipinski definition) is 4. The summed E-state index contributed by atoms with van der Waals surface area (Å²) in [5.74, 6) is -0.589. The largest absolute Gasteiger partial charge is 0.497 e. The van der Waals surface area contributed by atoms with Crippen molar-refractivity contribution in [1.82, 2.24) is 4.98 Å². The molecule has 2 N–H and O–H groups in total. The Morgan fingerprint density at radius 3 is 2.60 bits per heavy atom. The Labute approximate surface area is 144 Å². The number of fused-ring (bicyclic) bond motifs is 1. The summed E-state index contributed by atoms with van der Waals surface area (Å²) >= 11 is 0. The number of methoxy groups -OCH3 is 1. The van der Waals surface area contributed by atoms with E-state index < -0.39 is 5.97 Å². The molecule has 1 heterocycles. The molecule has 0 atom stereocenters. The first-order chi connectivity index (χ1) is 12.0. The minimum Gasteiger partial charge on any atom is -0.497 e. The lowest BCUT2D eigenvalue weighted by Crippen LogP contribution is -2.06. The second-order valence-corrected chi connectivity index (χ2v) is 5.51. The molecule has 0 aliphatic heterocycles. The smallest absolute Gasteiger partial charge is 0.336 e. The highest BCUT2D eigenvalue weighted by Crippen LogP contribution is 2.28. The van der Waals surface area contributed by atoms with Gasteiger partial charge in [-0.05, 0) is 36.4 Å². The maximum absolute atomic E-state index is 11.7. The average molecular weight is 336 g/mol. The van der Waals surface area contributed by atoms with Gasteiger partial charge in [0.05, 0.1) is 23.9 Å². The van der Waals surface area contributed by atoms with E-state index >= 15 is 0 Å². The normalized spacial score (nSPS) is 10.5. The van der Waals surface area contributed by atoms with Gasteiger partial charge in [-0.2, -0.15) is 0 Å². The lowest BCUT2D eigenvalue weighted by molar-refractivity contribution is -0.114. The summed E-state index contributed by atoms with van der Waals surface area (Å²) in [6.45, 7) is 1.41. The number of carboxylic acid groups (broad SMARTS) is 1. The molecule has 126 valence electrons. The van der Waals surface area contributed by atoms with Crippen molar-refractivity contribution in [2.75, 3.05) is 12.4 Å². The summed E-state index contributed by atoms with van der Waals surface area (Å²) in [4.78, 5) is 27.5. The number of ether oxygens (including phenoxy) is 1. The van der Waals surface area contributed by atoms with Crippen LogP contribution in [0.1, 0.15) is 17.3 Å². The Kier molecular flexibility index (Phi) is 4.35. The predicted octanol–water partition coefficient (Wildman–Crippen LogP) is 3.57. The van der Waals surface area contributed by atoms with Gasteiger partial charge in [-0.1, -0.05) is 12.1 Å². The van der Waals surface area contributed by atoms with Crippen molar-refractivity contribution in [2.45, 2.75) is 6.92 Å². The van der Waals surface area contributed by atoms with Gasteiger partial charge >= 0.3 is 5.97 Å². The average Bonchev–Trinajstić information content (AvgIpc) is 2.60. The first-order valence-corrected chi connectivity index (χ1v) is 7.58. The summed E-state index contributed by atoms with van der Waals surface area (Å²) in [5, 5.41) is 12.7. The number of amides is 1. The third kappa shape index (κ3) is 3.42. The topological polar surface area (TPSA) is 88.5 Å². The second-order valence-electron chi connectivity index (χ2n) is 5.51. The molecule has 0 unspecified atom stereocenters. The molecule has 0 aliphatic rings. The molecule has 0 radical (unpaired) electrons. The molecule has 3 aromatic rings. The molecule has 3 rings (SSSR count). The van der Waals surface area contributed by atoms with E-state index in [0.29, 0.717) is 28.0 Å². The first-order valence-electron chi connectivity index (χ1n) is 7.58. The number of carbonyl (C=O) groups is 2. The molecular formula is C19H16N2O4. The SMILES string of the molecule is COc1cccc(-c2cc(C(=O)O)c3ccc(NC(C)=O)cc3n2)c1. The maximum atomic E-state index is 11.7. The minimum atomic E-state index is -1.04. The standard InChI is InChI=1S/C19H16N2O4/c1-11(22)20-13-6-7-15-16(19(23)24)10-17(21-18(15)9-13)12-4-3-5-14(8-12)25-2/h3-10H,1-2H3,(H,20,22)(H,23,24). The van der Waals surface area contributed by atoms with E-state index in [-0.39, 0.29) is 11.5 Å². The van der Waals surface area contributed by atoms with Crippen LogP contribution in [0.2, 0.25) is 0 Å². The molecule has 1 amide bonds. The van der Waals surface area contributed by atoms with Crippen LogP contribution >= 0.6 is 0 Å². The van der Waals surface area contributed by atoms with E-state index in [1.807, 2.05) is 12.1 Å². The van der Waals surface area contributed by atoms with Gasteiger partial charge < -0.3 is 15.2 Å². The molecule has 0 spiro atoms. The van der Waals surface area contributed by atoms with Gasteiger partial charge in [-0.3, -0.25) is 4.79 Å². The molecule has 0 saturated carbocycles. The Balaban J connectivity index is 2.21. The number of aromatic nitrogens is 1. The van der Waals surface area contributed by atoms with Crippen molar-refractivity contribution in [3.8, 4) is 17.0 Å². The zero-order valence-corrected chi connectivity index (χ0v) is 13.7. The van der Waals surface area contributed by atoms with Crippen molar-refractivity contribution < 1.29 is 19.4 Å². The Morgan fingerprint density at radius 2 is 1.92 bits per heavy atom. The number of aromatic carboxylic acids is 1. The van der Waals surface area contributed by atoms with Crippen LogP contribution in [-0.4, -0.2) is 29.1 Å². The number of pyridine rings is 1. The zero-order valence-electron chi connectivity index (χ0n) is 13.7. The predicted molar refractivity (Wildman–Crippen MR) is 95.0 cm³/mol. The minimum absolute atomic E-state index is 0.150. The Morgan fingerprint density at radius 1 is 1.12 bits per heavy atom. The van der Waals surface area contributed by atoms with Gasteiger partial charge in [0, 0.05) is 23.6 Å². The van der Waals surface area contributed by atoms with Crippen LogP contribution < -0.4 is 10.1 Å². The highest BCUT2D eigenvalue weighted by atomic mass is 16.5. The summed E-state index contributed by atoms with van der Waals surface area (Å²) < 4.78 is 5.21. The van der Waals surface area contributed by atoms with Crippen LogP contribution in [0, 0.1) is 0 Å². The molecular weight excluding hydrogens is 320 g/mol. The van der Waals surface area contributed by atoms with Crippen molar-refractivity contribution in [3.63, 3.8) is 0 Å². The summed E-state index contributed by atoms with van der Waals surface area (Å²) in [5.41, 5.74) is 2.46. The molecule has 25 heavy (non-hydrogen) atoms. The van der Waals surface area contributed by atoms with Crippen LogP contribution in [0.25, 0.3) is 22.2 Å². The van der Waals surface area contributed by atoms with Gasteiger partial charge in [-0.25, -0.2) is 9.78 Å². The number of carbonyl (C=O) groups excluding carboxylic acids is 1. The van der Waals surface area contributed by atoms with Crippen LogP contribution in [-0.2, 0) is 4.79 Å². The van der Waals surface area contributed by atoms with Gasteiger partial charge in [-0.15, -0.1) is 0 Å². The number of nitrogens with one attached hydrogen (secondary N) is 1. The van der Waals surface area contributed by atoms with Gasteiger partial charge in [0.25, 0.3) is 0 Å². The van der Waals surface area contributed by atoms with E-state index in [9.17, 15) is 14.7 Å². The monoisotopic (exact) mass is 336 g/mol. The first kappa shape index (κ1) is 16.4. The molecule has 2 aromatic carbocycles. The van der Waals surface area contributed by atoms with Crippen molar-refractivity contribution in [1.29, 1.82) is 0 Å². The second kappa shape index (κ2) is 6.60. The number of hydrogen-bond donors (Lipinski definition) is 2. The number of rotatable bonds is 4. The number of carboxylic acids is 1. The lowest BCUT2D eigenvalue weighted by Gasteiger charge is -2.10. The van der Waals surface area contributed by atoms with E-state index in [2.05, 4.69) is 10.3 Å². The number of benzene rings is 2. The van der Waals surface area contributed by atoms with E-state index in [1.54, 1.807) is 37.4 Å². The third-order valence-electron chi connectivity index (χ3n) is 3.73. The van der Waals surface area contributed by atoms with Crippen molar-refractivity contribution in [2.24, 2.45) is 0 Å². The van der Waals surface area contributed by atoms with Crippen LogP contribution in [0.4, 0.5) is 5.69 Å². The lowest BCUT2D eigenvalue weighted by atomic mass is 10.0. The summed E-state index contributed by atoms with van der Waals surface area (Å²) in [7, 11) is 1.56. The van der Waals surface area contributed by atoms with Crippen LogP contribution in [0.15, 0.2) is 48.5 Å². The number of anilines is 1. The van der Waals surface area contributed by atoms with Gasteiger partial charge in [0.1, 0.15) is 5.75 Å². The summed E-state index contributed by atoms with van der Waals surface area (Å²) in [6.07, 6.45) is 0. The molecule has 0 fully saturated rings. The maximum Gasteiger partial charge on any atom is 0.336 e.